The van der Waals surface area contributed by atoms with E-state index in [0.29, 0.717) is 44.0 Å². The second-order valence-corrected chi connectivity index (χ2v) is 12.9. The molecule has 4 rings (SSSR count). The van der Waals surface area contributed by atoms with Gasteiger partial charge in [-0.1, -0.05) is 50.6 Å². The van der Waals surface area contributed by atoms with E-state index >= 15 is 0 Å². The second-order valence-electron chi connectivity index (χ2n) is 10.6. The number of hydrogen-bond acceptors (Lipinski definition) is 5. The highest BCUT2D eigenvalue weighted by Crippen LogP contribution is 2.37. The molecule has 0 aliphatic carbocycles. The Balaban J connectivity index is 1.48. The van der Waals surface area contributed by atoms with E-state index in [9.17, 15) is 13.2 Å². The molecule has 8 nitrogen and oxygen atoms in total. The Kier molecular flexibility index (Phi) is 8.18. The van der Waals surface area contributed by atoms with Crippen LogP contribution in [-0.4, -0.2) is 61.1 Å². The second kappa shape index (κ2) is 11.0. The van der Waals surface area contributed by atoms with E-state index in [1.807, 2.05) is 42.6 Å². The maximum absolute atomic E-state index is 13.5. The molecule has 2 aromatic carbocycles. The van der Waals surface area contributed by atoms with Gasteiger partial charge in [0.05, 0.1) is 11.5 Å². The van der Waals surface area contributed by atoms with Gasteiger partial charge >= 0.3 is 6.09 Å². The summed E-state index contributed by atoms with van der Waals surface area (Å²) in [6, 6.07) is 15.0. The molecule has 1 fully saturated rings. The molecule has 1 aliphatic heterocycles. The maximum atomic E-state index is 13.5. The van der Waals surface area contributed by atoms with Gasteiger partial charge in [-0.2, -0.15) is 4.31 Å². The van der Waals surface area contributed by atoms with Crippen LogP contribution in [0.15, 0.2) is 59.6 Å². The molecule has 0 saturated carbocycles. The lowest BCUT2D eigenvalue weighted by Crippen LogP contribution is -2.48. The summed E-state index contributed by atoms with van der Waals surface area (Å²) in [5, 5.41) is 1.58. The molecule has 1 aliphatic rings. The van der Waals surface area contributed by atoms with E-state index in [2.05, 4.69) is 30.2 Å². The number of carbonyl (C=O) groups excluding carboxylic acids is 1. The van der Waals surface area contributed by atoms with Crippen LogP contribution in [0.3, 0.4) is 0 Å². The van der Waals surface area contributed by atoms with Crippen LogP contribution in [0.4, 0.5) is 4.79 Å². The number of hydrogen-bond donors (Lipinski definition) is 1. The zero-order valence-electron chi connectivity index (χ0n) is 21.6. The lowest BCUT2D eigenvalue weighted by atomic mass is 9.84. The minimum absolute atomic E-state index is 0.0259. The highest BCUT2D eigenvalue weighted by atomic mass is 35.5. The largest absolute Gasteiger partial charge is 0.450 e. The number of ether oxygens (including phenoxy) is 1. The molecule has 2 N–H and O–H groups in total. The van der Waals surface area contributed by atoms with Crippen molar-refractivity contribution in [1.29, 1.82) is 0 Å². The number of fused-ring (bicyclic) bond motifs is 1. The molecular formula is C27H35ClN4O4S. The predicted molar refractivity (Wildman–Crippen MR) is 146 cm³/mol. The van der Waals surface area contributed by atoms with Gasteiger partial charge in [-0.05, 0) is 41.3 Å². The first-order chi connectivity index (χ1) is 17.5. The van der Waals surface area contributed by atoms with Crippen molar-refractivity contribution in [2.45, 2.75) is 44.7 Å². The minimum Gasteiger partial charge on any atom is -0.450 e. The van der Waals surface area contributed by atoms with Gasteiger partial charge in [-0.25, -0.2) is 13.2 Å². The summed E-state index contributed by atoms with van der Waals surface area (Å²) in [5.41, 5.74) is 6.98. The highest BCUT2D eigenvalue weighted by Gasteiger charge is 2.30. The smallest absolute Gasteiger partial charge is 0.404 e. The molecule has 200 valence electrons. The van der Waals surface area contributed by atoms with Gasteiger partial charge in [0.1, 0.15) is 0 Å². The van der Waals surface area contributed by atoms with E-state index in [4.69, 9.17) is 22.1 Å². The van der Waals surface area contributed by atoms with Gasteiger partial charge in [-0.3, -0.25) is 4.90 Å². The van der Waals surface area contributed by atoms with Crippen molar-refractivity contribution in [2.75, 3.05) is 32.8 Å². The fraction of sp³-hybridized carbons (Fsp3) is 0.444. The number of carbonyl (C=O) groups is 1. The first-order valence-electron chi connectivity index (χ1n) is 12.5. The summed E-state index contributed by atoms with van der Waals surface area (Å²) in [6.45, 7) is 9.43. The van der Waals surface area contributed by atoms with E-state index in [1.54, 1.807) is 16.4 Å². The van der Waals surface area contributed by atoms with Crippen LogP contribution in [-0.2, 0) is 21.3 Å². The lowest BCUT2D eigenvalue weighted by Gasteiger charge is -2.34. The van der Waals surface area contributed by atoms with Gasteiger partial charge < -0.3 is 15.0 Å². The first-order valence-corrected chi connectivity index (χ1v) is 14.3. The van der Waals surface area contributed by atoms with Crippen molar-refractivity contribution in [3.05, 3.63) is 65.3 Å². The number of primary amides is 1. The zero-order chi connectivity index (χ0) is 26.8. The minimum atomic E-state index is -3.62. The highest BCUT2D eigenvalue weighted by molar-refractivity contribution is 7.89. The van der Waals surface area contributed by atoms with Crippen molar-refractivity contribution in [3.63, 3.8) is 0 Å². The van der Waals surface area contributed by atoms with E-state index < -0.39 is 16.1 Å². The van der Waals surface area contributed by atoms with Crippen LogP contribution in [0.5, 0.6) is 0 Å². The summed E-state index contributed by atoms with van der Waals surface area (Å²) in [5.74, 6) is 0. The molecule has 10 heteroatoms. The Morgan fingerprint density at radius 1 is 1.08 bits per heavy atom. The first kappa shape index (κ1) is 27.4. The number of halogens is 1. The number of aromatic nitrogens is 1. The third-order valence-electron chi connectivity index (χ3n) is 6.98. The normalized spacial score (nSPS) is 16.6. The summed E-state index contributed by atoms with van der Waals surface area (Å²) < 4.78 is 35.6. The third kappa shape index (κ3) is 6.29. The zero-order valence-corrected chi connectivity index (χ0v) is 23.1. The number of piperazine rings is 1. The maximum Gasteiger partial charge on any atom is 0.404 e. The van der Waals surface area contributed by atoms with Gasteiger partial charge in [0, 0.05) is 67.3 Å². The molecule has 1 saturated heterocycles. The summed E-state index contributed by atoms with van der Waals surface area (Å²) >= 11 is 6.30. The van der Waals surface area contributed by atoms with Gasteiger partial charge in [0.2, 0.25) is 10.0 Å². The van der Waals surface area contributed by atoms with Crippen molar-refractivity contribution < 1.29 is 17.9 Å². The lowest BCUT2D eigenvalue weighted by molar-refractivity contribution is 0.132. The molecule has 0 spiro atoms. The Morgan fingerprint density at radius 3 is 2.43 bits per heavy atom. The number of benzene rings is 2. The van der Waals surface area contributed by atoms with E-state index in [-0.39, 0.29) is 18.1 Å². The Morgan fingerprint density at radius 2 is 1.78 bits per heavy atom. The average Bonchev–Trinajstić information content (AvgIpc) is 3.25. The summed E-state index contributed by atoms with van der Waals surface area (Å²) in [4.78, 5) is 13.5. The Labute approximate surface area is 224 Å². The number of rotatable bonds is 8. The van der Waals surface area contributed by atoms with Crippen LogP contribution in [0.25, 0.3) is 10.9 Å². The van der Waals surface area contributed by atoms with Crippen molar-refractivity contribution in [3.8, 4) is 0 Å². The number of nitrogens with zero attached hydrogens (tertiary/aromatic N) is 3. The molecule has 1 unspecified atom stereocenters. The fourth-order valence-corrected chi connectivity index (χ4v) is 6.63. The molecular weight excluding hydrogens is 512 g/mol. The molecule has 2 heterocycles. The van der Waals surface area contributed by atoms with Crippen molar-refractivity contribution in [2.24, 2.45) is 11.1 Å². The standard InChI is InChI=1S/C27H35ClN4O4S/c1-27(2,3)25(11-17-36-26(29)33)32-12-10-20-18-22(8-9-24(20)32)37(34,35)31-15-13-30(14-16-31)19-21-6-4-5-7-23(21)28/h4-10,12,18,25H,11,13-17,19H2,1-3H3,(H2,29,33). The molecule has 1 aromatic heterocycles. The Bertz CT molecular complexity index is 1360. The molecule has 0 radical (unpaired) electrons. The van der Waals surface area contributed by atoms with Crippen molar-refractivity contribution in [1.82, 2.24) is 13.8 Å². The van der Waals surface area contributed by atoms with Crippen LogP contribution >= 0.6 is 11.6 Å². The third-order valence-corrected chi connectivity index (χ3v) is 9.25. The van der Waals surface area contributed by atoms with Crippen molar-refractivity contribution >= 4 is 38.6 Å². The molecule has 1 atom stereocenters. The topological polar surface area (TPSA) is 97.9 Å². The number of sulfonamides is 1. The predicted octanol–water partition coefficient (Wildman–Crippen LogP) is 4.87. The molecule has 0 bridgehead atoms. The quantitative estimate of drug-likeness (QED) is 0.434. The number of amides is 1. The van der Waals surface area contributed by atoms with Gasteiger partial charge in [0.15, 0.2) is 0 Å². The fourth-order valence-electron chi connectivity index (χ4n) is 4.98. The van der Waals surface area contributed by atoms with Crippen LogP contribution < -0.4 is 5.73 Å². The van der Waals surface area contributed by atoms with E-state index in [1.165, 1.54) is 0 Å². The van der Waals surface area contributed by atoms with Gasteiger partial charge in [0.25, 0.3) is 0 Å². The van der Waals surface area contributed by atoms with Gasteiger partial charge in [-0.15, -0.1) is 0 Å². The molecule has 1 amide bonds. The summed E-state index contributed by atoms with van der Waals surface area (Å²) in [6.07, 6.45) is 1.77. The van der Waals surface area contributed by atoms with E-state index in [0.717, 1.165) is 21.5 Å². The SMILES string of the molecule is CC(C)(C)C(CCOC(N)=O)n1ccc2cc(S(=O)(=O)N3CCN(Cc4ccccc4Cl)CC3)ccc21. The van der Waals surface area contributed by atoms with Crippen LogP contribution in [0, 0.1) is 5.41 Å². The van der Waals surface area contributed by atoms with Crippen LogP contribution in [0.1, 0.15) is 38.8 Å². The Hall–Kier alpha value is -2.59. The monoisotopic (exact) mass is 546 g/mol. The van der Waals surface area contributed by atoms with Crippen LogP contribution in [0.2, 0.25) is 5.02 Å². The molecule has 3 aromatic rings. The molecule has 37 heavy (non-hydrogen) atoms. The number of nitrogens with two attached hydrogens (primary N) is 1. The average molecular weight is 547 g/mol. The summed E-state index contributed by atoms with van der Waals surface area (Å²) in [7, 11) is -3.62.